The van der Waals surface area contributed by atoms with Gasteiger partial charge in [-0.3, -0.25) is 9.59 Å². The van der Waals surface area contributed by atoms with Crippen molar-refractivity contribution in [3.05, 3.63) is 65.9 Å². The fourth-order valence-electron chi connectivity index (χ4n) is 4.43. The number of nitrogen functional groups attached to an aromatic ring is 1. The van der Waals surface area contributed by atoms with Crippen LogP contribution in [0.15, 0.2) is 54.7 Å². The number of nitrogens with two attached hydrogens (primary N) is 1. The molecule has 206 valence electrons. The van der Waals surface area contributed by atoms with E-state index in [1.54, 1.807) is 46.2 Å². The molecule has 2 atom stereocenters. The molecule has 1 saturated heterocycles. The first kappa shape index (κ1) is 27.7. The number of fused-ring (bicyclic) bond motifs is 1. The highest BCUT2D eigenvalue weighted by molar-refractivity contribution is 5.93. The maximum Gasteiger partial charge on any atom is 0.408 e. The number of carbonyl (C=O) groups excluding carboxylic acids is 3. The van der Waals surface area contributed by atoms with Gasteiger partial charge in [-0.15, -0.1) is 0 Å². The van der Waals surface area contributed by atoms with Crippen LogP contribution >= 0.6 is 0 Å². The number of nitrogens with one attached hydrogen (secondary N) is 2. The van der Waals surface area contributed by atoms with Crippen molar-refractivity contribution in [1.82, 2.24) is 20.5 Å². The number of likely N-dealkylation sites (tertiary alicyclic amines) is 1. The molecule has 2 aromatic carbocycles. The zero-order chi connectivity index (χ0) is 28.2. The van der Waals surface area contributed by atoms with Crippen molar-refractivity contribution >= 4 is 34.5 Å². The van der Waals surface area contributed by atoms with Crippen molar-refractivity contribution in [2.24, 2.45) is 0 Å². The molecule has 1 fully saturated rings. The molecule has 3 amide bonds. The molecule has 0 radical (unpaired) electrons. The minimum Gasteiger partial charge on any atom is -0.497 e. The quantitative estimate of drug-likeness (QED) is 0.405. The zero-order valence-electron chi connectivity index (χ0n) is 22.7. The smallest absolute Gasteiger partial charge is 0.408 e. The highest BCUT2D eigenvalue weighted by Gasteiger charge is 2.41. The number of anilines is 1. The lowest BCUT2D eigenvalue weighted by molar-refractivity contribution is -0.149. The van der Waals surface area contributed by atoms with Crippen LogP contribution in [0.2, 0.25) is 0 Å². The van der Waals surface area contributed by atoms with E-state index >= 15 is 0 Å². The van der Waals surface area contributed by atoms with Crippen molar-refractivity contribution in [1.29, 1.82) is 0 Å². The molecule has 0 unspecified atom stereocenters. The lowest BCUT2D eigenvalue weighted by Gasteiger charge is -2.41. The molecule has 10 nitrogen and oxygen atoms in total. The SMILES string of the molecule is COc1ccc(C[C@@H](NC(=O)OC(C)(C)C)C(=O)N2CC[C@H]2C(=O)NCc2ccc3ccnc(N)c3c2)cc1. The van der Waals surface area contributed by atoms with Gasteiger partial charge in [0.15, 0.2) is 0 Å². The molecule has 0 aliphatic carbocycles. The average molecular weight is 534 g/mol. The fourth-order valence-corrected chi connectivity index (χ4v) is 4.43. The number of nitrogens with zero attached hydrogens (tertiary/aromatic N) is 2. The van der Waals surface area contributed by atoms with Crippen molar-refractivity contribution in [3.63, 3.8) is 0 Å². The number of aromatic nitrogens is 1. The van der Waals surface area contributed by atoms with Crippen LogP contribution in [0.1, 0.15) is 38.3 Å². The highest BCUT2D eigenvalue weighted by atomic mass is 16.6. The van der Waals surface area contributed by atoms with Gasteiger partial charge in [0.05, 0.1) is 7.11 Å². The second-order valence-corrected chi connectivity index (χ2v) is 10.6. The van der Waals surface area contributed by atoms with Crippen molar-refractivity contribution in [2.45, 2.75) is 57.8 Å². The van der Waals surface area contributed by atoms with E-state index in [4.69, 9.17) is 15.2 Å². The van der Waals surface area contributed by atoms with E-state index in [0.717, 1.165) is 21.9 Å². The summed E-state index contributed by atoms with van der Waals surface area (Å²) in [4.78, 5) is 44.8. The van der Waals surface area contributed by atoms with Crippen LogP contribution in [0.4, 0.5) is 10.6 Å². The van der Waals surface area contributed by atoms with Crippen LogP contribution in [0, 0.1) is 0 Å². The monoisotopic (exact) mass is 533 g/mol. The Hall–Kier alpha value is -4.34. The normalized spacial score (nSPS) is 15.7. The Morgan fingerprint density at radius 3 is 2.46 bits per heavy atom. The Morgan fingerprint density at radius 1 is 1.10 bits per heavy atom. The highest BCUT2D eigenvalue weighted by Crippen LogP contribution is 2.23. The Bertz CT molecular complexity index is 1350. The van der Waals surface area contributed by atoms with E-state index < -0.39 is 23.8 Å². The summed E-state index contributed by atoms with van der Waals surface area (Å²) in [6, 6.07) is 13.4. The van der Waals surface area contributed by atoms with Crippen molar-refractivity contribution < 1.29 is 23.9 Å². The van der Waals surface area contributed by atoms with Crippen LogP contribution in [0.3, 0.4) is 0 Å². The number of hydrogen-bond donors (Lipinski definition) is 3. The minimum absolute atomic E-state index is 0.236. The molecule has 4 rings (SSSR count). The summed E-state index contributed by atoms with van der Waals surface area (Å²) in [6.45, 7) is 5.96. The summed E-state index contributed by atoms with van der Waals surface area (Å²) < 4.78 is 10.6. The van der Waals surface area contributed by atoms with Crippen molar-refractivity contribution in [2.75, 3.05) is 19.4 Å². The van der Waals surface area contributed by atoms with Gasteiger partial charge in [0.1, 0.15) is 29.3 Å². The second-order valence-electron chi connectivity index (χ2n) is 10.6. The second kappa shape index (κ2) is 11.6. The first-order valence-corrected chi connectivity index (χ1v) is 12.9. The third-order valence-corrected chi connectivity index (χ3v) is 6.52. The molecule has 2 heterocycles. The number of ether oxygens (including phenoxy) is 2. The van der Waals surface area contributed by atoms with E-state index in [1.165, 1.54) is 4.90 Å². The number of hydrogen-bond acceptors (Lipinski definition) is 7. The Labute approximate surface area is 227 Å². The summed E-state index contributed by atoms with van der Waals surface area (Å²) >= 11 is 0. The maximum absolute atomic E-state index is 13.6. The predicted octanol–water partition coefficient (Wildman–Crippen LogP) is 3.18. The number of alkyl carbamates (subject to hydrolysis) is 1. The van der Waals surface area contributed by atoms with Crippen molar-refractivity contribution in [3.8, 4) is 5.75 Å². The average Bonchev–Trinajstić information content (AvgIpc) is 2.86. The topological polar surface area (TPSA) is 136 Å². The number of carbonyl (C=O) groups is 3. The fraction of sp³-hybridized carbons (Fsp3) is 0.379. The van der Waals surface area contributed by atoms with Gasteiger partial charge < -0.3 is 30.7 Å². The molecule has 0 spiro atoms. The van der Waals surface area contributed by atoms with Crippen LogP contribution < -0.4 is 21.1 Å². The van der Waals surface area contributed by atoms with Crippen LogP contribution in [0.25, 0.3) is 10.8 Å². The Balaban J connectivity index is 1.43. The van der Waals surface area contributed by atoms with Gasteiger partial charge in [-0.1, -0.05) is 24.3 Å². The lowest BCUT2D eigenvalue weighted by Crippen LogP contribution is -2.62. The van der Waals surface area contributed by atoms with Gasteiger partial charge >= 0.3 is 6.09 Å². The molecular formula is C29H35N5O5. The molecular weight excluding hydrogens is 498 g/mol. The van der Waals surface area contributed by atoms with Gasteiger partial charge in [-0.05, 0) is 68.0 Å². The molecule has 10 heteroatoms. The number of pyridine rings is 1. The summed E-state index contributed by atoms with van der Waals surface area (Å²) in [5.74, 6) is 0.519. The number of amides is 3. The zero-order valence-corrected chi connectivity index (χ0v) is 22.7. The molecule has 1 aliphatic heterocycles. The van der Waals surface area contributed by atoms with Gasteiger partial charge in [-0.2, -0.15) is 0 Å². The summed E-state index contributed by atoms with van der Waals surface area (Å²) in [7, 11) is 1.58. The number of benzene rings is 2. The van der Waals surface area contributed by atoms with Crippen LogP contribution in [-0.2, 0) is 27.3 Å². The summed E-state index contributed by atoms with van der Waals surface area (Å²) in [5, 5.41) is 7.41. The minimum atomic E-state index is -0.903. The van der Waals surface area contributed by atoms with E-state index in [-0.39, 0.29) is 24.8 Å². The first-order valence-electron chi connectivity index (χ1n) is 12.9. The molecule has 0 bridgehead atoms. The van der Waals surface area contributed by atoms with E-state index in [0.29, 0.717) is 24.5 Å². The van der Waals surface area contributed by atoms with Crippen LogP contribution in [0.5, 0.6) is 5.75 Å². The first-order chi connectivity index (χ1) is 18.5. The number of methoxy groups -OCH3 is 1. The Morgan fingerprint density at radius 2 is 1.82 bits per heavy atom. The van der Waals surface area contributed by atoms with Gasteiger partial charge in [0.2, 0.25) is 11.8 Å². The molecule has 1 aliphatic rings. The van der Waals surface area contributed by atoms with E-state index in [1.807, 2.05) is 36.4 Å². The summed E-state index contributed by atoms with van der Waals surface area (Å²) in [6.07, 6.45) is 1.73. The third-order valence-electron chi connectivity index (χ3n) is 6.52. The maximum atomic E-state index is 13.6. The Kier molecular flexibility index (Phi) is 8.23. The van der Waals surface area contributed by atoms with Gasteiger partial charge in [0.25, 0.3) is 0 Å². The third kappa shape index (κ3) is 6.95. The van der Waals surface area contributed by atoms with Gasteiger partial charge in [-0.25, -0.2) is 9.78 Å². The van der Waals surface area contributed by atoms with E-state index in [9.17, 15) is 14.4 Å². The largest absolute Gasteiger partial charge is 0.497 e. The van der Waals surface area contributed by atoms with Gasteiger partial charge in [0, 0.05) is 31.1 Å². The van der Waals surface area contributed by atoms with E-state index in [2.05, 4.69) is 15.6 Å². The lowest BCUT2D eigenvalue weighted by atomic mass is 9.97. The van der Waals surface area contributed by atoms with Crippen LogP contribution in [-0.4, -0.2) is 59.1 Å². The molecule has 3 aromatic rings. The summed E-state index contributed by atoms with van der Waals surface area (Å²) in [5.41, 5.74) is 6.97. The molecule has 39 heavy (non-hydrogen) atoms. The predicted molar refractivity (Wildman–Crippen MR) is 148 cm³/mol. The standard InChI is InChI=1S/C29H35N5O5/c1-29(2,3)39-28(37)33-23(16-18-6-9-21(38-4)10-7-18)27(36)34-14-12-24(34)26(35)32-17-19-5-8-20-11-13-31-25(30)22(20)15-19/h5-11,13,15,23-24H,12,14,16-17H2,1-4H3,(H2,30,31)(H,32,35)(H,33,37)/t23-,24+/m1/s1. The molecule has 0 saturated carbocycles. The molecule has 4 N–H and O–H groups in total. The number of rotatable bonds is 8. The molecule has 1 aromatic heterocycles.